The minimum atomic E-state index is 0.183. The topological polar surface area (TPSA) is 92.0 Å². The van der Waals surface area contributed by atoms with Crippen LogP contribution in [0, 0.1) is 5.41 Å². The molecular weight excluding hydrogens is 350 g/mol. The van der Waals surface area contributed by atoms with Crippen LogP contribution in [0.15, 0.2) is 28.8 Å². The van der Waals surface area contributed by atoms with E-state index in [-0.39, 0.29) is 5.96 Å². The summed E-state index contributed by atoms with van der Waals surface area (Å²) in [5, 5.41) is 11.8. The smallest absolute Gasteiger partial charge is 0.257 e. The molecule has 0 amide bonds. The fourth-order valence-corrected chi connectivity index (χ4v) is 3.96. The van der Waals surface area contributed by atoms with Gasteiger partial charge < -0.3 is 15.2 Å². The zero-order valence-corrected chi connectivity index (χ0v) is 17.0. The highest BCUT2D eigenvalue weighted by atomic mass is 16.5. The van der Waals surface area contributed by atoms with Gasteiger partial charge in [-0.1, -0.05) is 56.3 Å². The molecule has 0 saturated carbocycles. The second kappa shape index (κ2) is 10.2. The minimum absolute atomic E-state index is 0.183. The molecule has 1 aromatic heterocycles. The Labute approximate surface area is 168 Å². The summed E-state index contributed by atoms with van der Waals surface area (Å²) < 4.78 is 5.45. The molecule has 3 N–H and O–H groups in total. The Balaban J connectivity index is 1.50. The molecule has 2 heterocycles. The molecule has 3 rings (SSSR count). The first kappa shape index (κ1) is 20.4. The maximum Gasteiger partial charge on any atom is 0.257 e. The van der Waals surface area contributed by atoms with Gasteiger partial charge in [-0.05, 0) is 43.4 Å². The number of rotatable bonds is 10. The highest BCUT2D eigenvalue weighted by Crippen LogP contribution is 2.23. The molecular formula is C22H33N5O. The molecule has 1 aliphatic rings. The number of aryl methyl sites for hydroxylation is 1. The number of nitrogens with zero attached hydrogens (tertiary/aromatic N) is 3. The Morgan fingerprint density at radius 2 is 1.93 bits per heavy atom. The Morgan fingerprint density at radius 3 is 2.68 bits per heavy atom. The fourth-order valence-electron chi connectivity index (χ4n) is 3.96. The van der Waals surface area contributed by atoms with E-state index in [9.17, 15) is 0 Å². The number of aromatic nitrogens is 2. The average molecular weight is 384 g/mol. The van der Waals surface area contributed by atoms with Crippen LogP contribution in [-0.2, 0) is 12.8 Å². The summed E-state index contributed by atoms with van der Waals surface area (Å²) in [7, 11) is 0. The highest BCUT2D eigenvalue weighted by molar-refractivity contribution is 5.75. The van der Waals surface area contributed by atoms with Crippen molar-refractivity contribution in [3.05, 3.63) is 35.7 Å². The van der Waals surface area contributed by atoms with E-state index in [1.807, 2.05) is 17.0 Å². The lowest BCUT2D eigenvalue weighted by Crippen LogP contribution is -2.40. The van der Waals surface area contributed by atoms with Gasteiger partial charge in [-0.25, -0.2) is 0 Å². The summed E-state index contributed by atoms with van der Waals surface area (Å²) >= 11 is 0. The molecule has 0 aliphatic carbocycles. The van der Waals surface area contributed by atoms with Crippen LogP contribution in [0.1, 0.15) is 69.7 Å². The van der Waals surface area contributed by atoms with Crippen LogP contribution in [0.3, 0.4) is 0 Å². The summed E-state index contributed by atoms with van der Waals surface area (Å²) in [6.45, 7) is 3.13. The van der Waals surface area contributed by atoms with Crippen molar-refractivity contribution < 1.29 is 4.52 Å². The lowest BCUT2D eigenvalue weighted by Gasteiger charge is -2.24. The summed E-state index contributed by atoms with van der Waals surface area (Å²) in [5.74, 6) is 1.58. The lowest BCUT2D eigenvalue weighted by molar-refractivity contribution is 0.380. The zero-order valence-electron chi connectivity index (χ0n) is 17.0. The lowest BCUT2D eigenvalue weighted by atomic mass is 10.0. The number of nitrogens with one attached hydrogen (secondary N) is 1. The number of benzene rings is 1. The van der Waals surface area contributed by atoms with Crippen LogP contribution in [0.4, 0.5) is 0 Å². The van der Waals surface area contributed by atoms with E-state index in [0.29, 0.717) is 11.9 Å². The molecule has 1 fully saturated rings. The predicted octanol–water partition coefficient (Wildman–Crippen LogP) is 4.54. The van der Waals surface area contributed by atoms with Crippen molar-refractivity contribution in [2.75, 3.05) is 6.54 Å². The second-order valence-electron chi connectivity index (χ2n) is 7.81. The van der Waals surface area contributed by atoms with Crippen molar-refractivity contribution in [1.29, 1.82) is 5.41 Å². The second-order valence-corrected chi connectivity index (χ2v) is 7.81. The van der Waals surface area contributed by atoms with Crippen LogP contribution in [0.5, 0.6) is 0 Å². The number of guanidine groups is 1. The predicted molar refractivity (Wildman–Crippen MR) is 112 cm³/mol. The van der Waals surface area contributed by atoms with Crippen LogP contribution in [0.2, 0.25) is 0 Å². The first-order valence-electron chi connectivity index (χ1n) is 10.7. The highest BCUT2D eigenvalue weighted by Gasteiger charge is 2.25. The first-order chi connectivity index (χ1) is 13.7. The summed E-state index contributed by atoms with van der Waals surface area (Å²) in [6.07, 6.45) is 11.6. The fraction of sp³-hybridized carbons (Fsp3) is 0.591. The molecule has 1 saturated heterocycles. The van der Waals surface area contributed by atoms with Gasteiger partial charge in [-0.3, -0.25) is 5.41 Å². The maximum absolute atomic E-state index is 7.70. The largest absolute Gasteiger partial charge is 0.370 e. The third kappa shape index (κ3) is 5.57. The van der Waals surface area contributed by atoms with Gasteiger partial charge in [0.05, 0.1) is 0 Å². The average Bonchev–Trinajstić information content (AvgIpc) is 3.35. The third-order valence-corrected chi connectivity index (χ3v) is 5.58. The van der Waals surface area contributed by atoms with Gasteiger partial charge in [0.1, 0.15) is 0 Å². The first-order valence-corrected chi connectivity index (χ1v) is 10.7. The molecule has 28 heavy (non-hydrogen) atoms. The number of unbranched alkanes of at least 4 members (excludes halogenated alkanes) is 5. The molecule has 1 unspecified atom stereocenters. The van der Waals surface area contributed by atoms with Crippen LogP contribution in [-0.4, -0.2) is 33.6 Å². The molecule has 0 spiro atoms. The van der Waals surface area contributed by atoms with Gasteiger partial charge in [0.2, 0.25) is 0 Å². The van der Waals surface area contributed by atoms with Crippen molar-refractivity contribution >= 4 is 5.96 Å². The minimum Gasteiger partial charge on any atom is -0.370 e. The van der Waals surface area contributed by atoms with Gasteiger partial charge in [0.15, 0.2) is 11.8 Å². The van der Waals surface area contributed by atoms with Gasteiger partial charge in [-0.15, -0.1) is 0 Å². The van der Waals surface area contributed by atoms with E-state index in [4.69, 9.17) is 15.7 Å². The van der Waals surface area contributed by atoms with Crippen molar-refractivity contribution in [3.8, 4) is 11.5 Å². The van der Waals surface area contributed by atoms with E-state index >= 15 is 0 Å². The number of likely N-dealkylation sites (tertiary alicyclic amines) is 1. The number of hydrogen-bond donors (Lipinski definition) is 2. The Bertz CT molecular complexity index is 740. The van der Waals surface area contributed by atoms with E-state index < -0.39 is 0 Å². The molecule has 0 bridgehead atoms. The normalized spacial score (nSPS) is 16.6. The quantitative estimate of drug-likeness (QED) is 0.357. The van der Waals surface area contributed by atoms with E-state index in [1.165, 1.54) is 37.7 Å². The Kier molecular flexibility index (Phi) is 7.46. The molecule has 1 aliphatic heterocycles. The molecule has 6 nitrogen and oxygen atoms in total. The number of nitrogens with two attached hydrogens (primary N) is 1. The van der Waals surface area contributed by atoms with Crippen LogP contribution in [0.25, 0.3) is 11.5 Å². The van der Waals surface area contributed by atoms with E-state index in [2.05, 4.69) is 29.2 Å². The van der Waals surface area contributed by atoms with E-state index in [0.717, 1.165) is 50.0 Å². The molecule has 152 valence electrons. The van der Waals surface area contributed by atoms with Crippen molar-refractivity contribution in [3.63, 3.8) is 0 Å². The Morgan fingerprint density at radius 1 is 1.18 bits per heavy atom. The molecule has 1 aromatic carbocycles. The number of hydrogen-bond acceptors (Lipinski definition) is 4. The molecule has 6 heteroatoms. The summed E-state index contributed by atoms with van der Waals surface area (Å²) in [4.78, 5) is 6.55. The maximum atomic E-state index is 7.70. The van der Waals surface area contributed by atoms with Crippen LogP contribution < -0.4 is 5.73 Å². The van der Waals surface area contributed by atoms with Gasteiger partial charge in [-0.2, -0.15) is 4.98 Å². The van der Waals surface area contributed by atoms with Crippen molar-refractivity contribution in [1.82, 2.24) is 15.0 Å². The summed E-state index contributed by atoms with van der Waals surface area (Å²) in [5.41, 5.74) is 7.89. The molecule has 1 atom stereocenters. The zero-order chi connectivity index (χ0) is 19.8. The summed E-state index contributed by atoms with van der Waals surface area (Å²) in [6, 6.07) is 8.65. The third-order valence-electron chi connectivity index (χ3n) is 5.58. The van der Waals surface area contributed by atoms with Crippen molar-refractivity contribution in [2.24, 2.45) is 5.73 Å². The SMILES string of the molecule is CCCCCCCCc1noc(-c2ccc(CC3CCCN3C(=N)N)cc2)n1. The molecule has 0 radical (unpaired) electrons. The van der Waals surface area contributed by atoms with Gasteiger partial charge >= 0.3 is 0 Å². The standard InChI is InChI=1S/C22H33N5O/c1-2-3-4-5-6-7-10-20-25-21(28-26-20)18-13-11-17(12-14-18)16-19-9-8-15-27(19)22(23)24/h11-14,19H,2-10,15-16H2,1H3,(H3,23,24). The van der Waals surface area contributed by atoms with E-state index in [1.54, 1.807) is 0 Å². The molecule has 2 aromatic rings. The van der Waals surface area contributed by atoms with Crippen LogP contribution >= 0.6 is 0 Å². The van der Waals surface area contributed by atoms with Gasteiger partial charge in [0, 0.05) is 24.6 Å². The Hall–Kier alpha value is -2.37. The monoisotopic (exact) mass is 383 g/mol. The van der Waals surface area contributed by atoms with Gasteiger partial charge in [0.25, 0.3) is 5.89 Å². The van der Waals surface area contributed by atoms with Crippen molar-refractivity contribution in [2.45, 2.75) is 77.2 Å².